The van der Waals surface area contributed by atoms with Crippen LogP contribution in [0, 0.1) is 0 Å². The molecule has 0 amide bonds. The lowest BCUT2D eigenvalue weighted by molar-refractivity contribution is 0.298. The molecule has 0 aromatic heterocycles. The van der Waals surface area contributed by atoms with Crippen molar-refractivity contribution in [1.29, 1.82) is 0 Å². The fraction of sp³-hybridized carbons (Fsp3) is 0.778. The van der Waals surface area contributed by atoms with Crippen molar-refractivity contribution in [3.63, 3.8) is 0 Å². The summed E-state index contributed by atoms with van der Waals surface area (Å²) in [7, 11) is 0. The van der Waals surface area contributed by atoms with Crippen molar-refractivity contribution in [3.8, 4) is 0 Å². The van der Waals surface area contributed by atoms with Crippen LogP contribution in [0.3, 0.4) is 0 Å². The lowest BCUT2D eigenvalue weighted by atomic mass is 9.97. The van der Waals surface area contributed by atoms with Gasteiger partial charge in [0.05, 0.1) is 0 Å². The predicted octanol–water partition coefficient (Wildman–Crippen LogP) is 2.39. The number of hydrogen-bond donors (Lipinski definition) is 1. The van der Waals surface area contributed by atoms with E-state index in [1.807, 2.05) is 6.08 Å². The highest BCUT2D eigenvalue weighted by Gasteiger charge is 2.14. The summed E-state index contributed by atoms with van der Waals surface area (Å²) in [5.74, 6) is 0.411. The predicted molar refractivity (Wildman–Crippen MR) is 50.1 cm³/mol. The minimum atomic E-state index is -0.720. The zero-order chi connectivity index (χ0) is 8.97. The molecule has 1 aliphatic carbocycles. The molecule has 0 saturated carbocycles. The Hall–Kier alpha value is -0.0800. The monoisotopic (exact) mass is 191 g/mol. The van der Waals surface area contributed by atoms with Gasteiger partial charge in [-0.05, 0) is 19.3 Å². The smallest absolute Gasteiger partial charge is 0.104 e. The van der Waals surface area contributed by atoms with E-state index >= 15 is 0 Å². The first-order valence-electron chi connectivity index (χ1n) is 4.37. The Labute approximate surface area is 77.8 Å². The summed E-state index contributed by atoms with van der Waals surface area (Å²) >= 11 is 5.65. The summed E-state index contributed by atoms with van der Waals surface area (Å²) in [6.07, 6.45) is 4.05. The summed E-state index contributed by atoms with van der Waals surface area (Å²) in [6.45, 7) is 0. The molecule has 2 unspecified atom stereocenters. The maximum absolute atomic E-state index is 13.0. The van der Waals surface area contributed by atoms with Gasteiger partial charge in [-0.2, -0.15) is 0 Å². The zero-order valence-electron chi connectivity index (χ0n) is 7.10. The van der Waals surface area contributed by atoms with E-state index in [1.165, 1.54) is 0 Å². The van der Waals surface area contributed by atoms with Gasteiger partial charge in [-0.3, -0.25) is 0 Å². The summed E-state index contributed by atoms with van der Waals surface area (Å²) in [5.41, 5.74) is 6.71. The summed E-state index contributed by atoms with van der Waals surface area (Å²) in [4.78, 5) is 0. The third-order valence-corrected chi connectivity index (χ3v) is 2.50. The average Bonchev–Trinajstić information content (AvgIpc) is 2.00. The molecule has 0 heterocycles. The fourth-order valence-corrected chi connectivity index (χ4v) is 1.71. The summed E-state index contributed by atoms with van der Waals surface area (Å²) < 4.78 is 13.0. The van der Waals surface area contributed by atoms with Gasteiger partial charge in [0.1, 0.15) is 6.17 Å². The highest BCUT2D eigenvalue weighted by atomic mass is 35.5. The molecule has 70 valence electrons. The molecule has 0 aromatic rings. The SMILES string of the molecule is NC1/C=C(\CCl)CC(F)CCC1. The lowest BCUT2D eigenvalue weighted by Gasteiger charge is -2.16. The Balaban J connectivity index is 2.59. The van der Waals surface area contributed by atoms with Gasteiger partial charge in [0.2, 0.25) is 0 Å². The van der Waals surface area contributed by atoms with Crippen LogP contribution in [-0.2, 0) is 0 Å². The molecule has 0 aromatic carbocycles. The van der Waals surface area contributed by atoms with Crippen LogP contribution in [0.2, 0.25) is 0 Å². The minimum Gasteiger partial charge on any atom is -0.324 e. The topological polar surface area (TPSA) is 26.0 Å². The quantitative estimate of drug-likeness (QED) is 0.500. The Morgan fingerprint density at radius 1 is 1.58 bits per heavy atom. The van der Waals surface area contributed by atoms with Gasteiger partial charge in [-0.15, -0.1) is 11.6 Å². The number of rotatable bonds is 1. The summed E-state index contributed by atoms with van der Waals surface area (Å²) in [6, 6.07) is 0.0752. The van der Waals surface area contributed by atoms with Crippen molar-refractivity contribution < 1.29 is 4.39 Å². The van der Waals surface area contributed by atoms with E-state index in [-0.39, 0.29) is 6.04 Å². The highest BCUT2D eigenvalue weighted by molar-refractivity contribution is 6.19. The van der Waals surface area contributed by atoms with Gasteiger partial charge in [0.15, 0.2) is 0 Å². The first-order chi connectivity index (χ1) is 5.72. The van der Waals surface area contributed by atoms with Crippen molar-refractivity contribution >= 4 is 11.6 Å². The summed E-state index contributed by atoms with van der Waals surface area (Å²) in [5, 5.41) is 0. The van der Waals surface area contributed by atoms with E-state index in [1.54, 1.807) is 0 Å². The number of alkyl halides is 2. The van der Waals surface area contributed by atoms with Crippen LogP contribution >= 0.6 is 11.6 Å². The van der Waals surface area contributed by atoms with E-state index in [4.69, 9.17) is 17.3 Å². The largest absolute Gasteiger partial charge is 0.324 e. The van der Waals surface area contributed by atoms with Crippen LogP contribution in [0.4, 0.5) is 4.39 Å². The van der Waals surface area contributed by atoms with Crippen molar-refractivity contribution in [2.24, 2.45) is 5.73 Å². The van der Waals surface area contributed by atoms with Crippen molar-refractivity contribution in [2.75, 3.05) is 5.88 Å². The van der Waals surface area contributed by atoms with E-state index in [0.29, 0.717) is 18.7 Å². The van der Waals surface area contributed by atoms with E-state index < -0.39 is 6.17 Å². The van der Waals surface area contributed by atoms with Crippen LogP contribution in [-0.4, -0.2) is 18.1 Å². The molecule has 0 bridgehead atoms. The second-order valence-corrected chi connectivity index (χ2v) is 3.62. The zero-order valence-corrected chi connectivity index (χ0v) is 7.86. The second kappa shape index (κ2) is 4.83. The second-order valence-electron chi connectivity index (χ2n) is 3.35. The molecule has 0 radical (unpaired) electrons. The molecule has 1 rings (SSSR count). The van der Waals surface area contributed by atoms with Crippen LogP contribution in [0.1, 0.15) is 25.7 Å². The van der Waals surface area contributed by atoms with Crippen LogP contribution in [0.15, 0.2) is 11.6 Å². The van der Waals surface area contributed by atoms with Crippen LogP contribution < -0.4 is 5.73 Å². The maximum Gasteiger partial charge on any atom is 0.104 e. The van der Waals surface area contributed by atoms with Crippen molar-refractivity contribution in [1.82, 2.24) is 0 Å². The van der Waals surface area contributed by atoms with E-state index in [2.05, 4.69) is 0 Å². The number of allylic oxidation sites excluding steroid dienone is 1. The molecule has 3 heteroatoms. The Kier molecular flexibility index (Phi) is 4.02. The van der Waals surface area contributed by atoms with E-state index in [9.17, 15) is 4.39 Å². The average molecular weight is 192 g/mol. The number of hydrogen-bond acceptors (Lipinski definition) is 1. The first kappa shape index (κ1) is 10.0. The molecule has 12 heavy (non-hydrogen) atoms. The molecular formula is C9H15ClFN. The Bertz CT molecular complexity index is 170. The van der Waals surface area contributed by atoms with E-state index in [0.717, 1.165) is 18.4 Å². The van der Waals surface area contributed by atoms with Crippen LogP contribution in [0.5, 0.6) is 0 Å². The third-order valence-electron chi connectivity index (χ3n) is 2.16. The molecular weight excluding hydrogens is 177 g/mol. The number of nitrogens with two attached hydrogens (primary N) is 1. The van der Waals surface area contributed by atoms with Gasteiger partial charge >= 0.3 is 0 Å². The molecule has 2 atom stereocenters. The van der Waals surface area contributed by atoms with Crippen molar-refractivity contribution in [3.05, 3.63) is 11.6 Å². The van der Waals surface area contributed by atoms with Gasteiger partial charge in [-0.25, -0.2) is 4.39 Å². The minimum absolute atomic E-state index is 0.0752. The molecule has 0 saturated heterocycles. The molecule has 1 nitrogen and oxygen atoms in total. The molecule has 0 fully saturated rings. The Morgan fingerprint density at radius 3 is 3.00 bits per heavy atom. The molecule has 2 N–H and O–H groups in total. The molecule has 1 aliphatic rings. The number of halogens is 2. The lowest BCUT2D eigenvalue weighted by Crippen LogP contribution is -2.21. The van der Waals surface area contributed by atoms with Crippen LogP contribution in [0.25, 0.3) is 0 Å². The van der Waals surface area contributed by atoms with Gasteiger partial charge in [0.25, 0.3) is 0 Å². The third kappa shape index (κ3) is 3.11. The highest BCUT2D eigenvalue weighted by Crippen LogP contribution is 2.20. The van der Waals surface area contributed by atoms with Gasteiger partial charge in [-0.1, -0.05) is 11.6 Å². The molecule has 0 aliphatic heterocycles. The normalized spacial score (nSPS) is 36.4. The first-order valence-corrected chi connectivity index (χ1v) is 4.91. The fourth-order valence-electron chi connectivity index (χ4n) is 1.51. The molecule has 0 spiro atoms. The standard InChI is InChI=1S/C9H15ClFN/c10-6-7-4-8(11)2-1-3-9(12)5-7/h5,8-9H,1-4,6,12H2/b7-5-. The van der Waals surface area contributed by atoms with Gasteiger partial charge in [0, 0.05) is 18.3 Å². The van der Waals surface area contributed by atoms with Crippen molar-refractivity contribution in [2.45, 2.75) is 37.9 Å². The maximum atomic E-state index is 13.0. The van der Waals surface area contributed by atoms with Gasteiger partial charge < -0.3 is 5.73 Å². The Morgan fingerprint density at radius 2 is 2.33 bits per heavy atom.